The van der Waals surface area contributed by atoms with Gasteiger partial charge in [0.2, 0.25) is 0 Å². The third-order valence-corrected chi connectivity index (χ3v) is 3.13. The number of nitrogens with two attached hydrogens (primary N) is 1. The molecule has 0 amide bonds. The molecule has 0 heterocycles. The molecule has 0 bridgehead atoms. The molecule has 3 N–H and O–H groups in total. The van der Waals surface area contributed by atoms with Crippen LogP contribution in [-0.4, -0.2) is 12.1 Å². The fraction of sp³-hybridized carbons (Fsp3) is 0.462. The summed E-state index contributed by atoms with van der Waals surface area (Å²) in [5.74, 6) is 0. The van der Waals surface area contributed by atoms with Gasteiger partial charge in [-0.3, -0.25) is 0 Å². The number of nitriles is 1. The minimum Gasteiger partial charge on any atom is -0.382 e. The molecule has 0 radical (unpaired) electrons. The Morgan fingerprint density at radius 3 is 2.69 bits per heavy atom. The van der Waals surface area contributed by atoms with E-state index in [0.29, 0.717) is 17.6 Å². The second-order valence-corrected chi connectivity index (χ2v) is 4.45. The first-order chi connectivity index (χ1) is 7.78. The molecule has 84 valence electrons. The zero-order valence-electron chi connectivity index (χ0n) is 9.32. The number of nitrogens with one attached hydrogen (secondary N) is 1. The maximum atomic E-state index is 8.81. The molecule has 2 rings (SSSR count). The summed E-state index contributed by atoms with van der Waals surface area (Å²) in [6.45, 7) is 0. The van der Waals surface area contributed by atoms with Crippen LogP contribution in [0.15, 0.2) is 24.3 Å². The van der Waals surface area contributed by atoms with Crippen LogP contribution in [0.5, 0.6) is 0 Å². The van der Waals surface area contributed by atoms with Gasteiger partial charge in [-0.1, -0.05) is 6.07 Å². The van der Waals surface area contributed by atoms with E-state index in [1.165, 1.54) is 0 Å². The van der Waals surface area contributed by atoms with Gasteiger partial charge in [-0.2, -0.15) is 5.26 Å². The Morgan fingerprint density at radius 1 is 1.25 bits per heavy atom. The van der Waals surface area contributed by atoms with E-state index in [1.54, 1.807) is 0 Å². The van der Waals surface area contributed by atoms with Gasteiger partial charge in [-0.25, -0.2) is 0 Å². The van der Waals surface area contributed by atoms with Crippen LogP contribution in [0.1, 0.15) is 31.2 Å². The smallest absolute Gasteiger partial charge is 0.0992 e. The molecular weight excluding hydrogens is 198 g/mol. The molecule has 0 aliphatic heterocycles. The predicted molar refractivity (Wildman–Crippen MR) is 65.0 cm³/mol. The summed E-state index contributed by atoms with van der Waals surface area (Å²) in [6.07, 6.45) is 4.43. The van der Waals surface area contributed by atoms with Crippen molar-refractivity contribution in [1.82, 2.24) is 0 Å². The van der Waals surface area contributed by atoms with Crippen molar-refractivity contribution >= 4 is 5.69 Å². The van der Waals surface area contributed by atoms with E-state index >= 15 is 0 Å². The topological polar surface area (TPSA) is 61.8 Å². The molecule has 1 aromatic rings. The first kappa shape index (κ1) is 11.0. The number of rotatable bonds is 2. The highest BCUT2D eigenvalue weighted by molar-refractivity contribution is 5.49. The van der Waals surface area contributed by atoms with Crippen LogP contribution in [0.3, 0.4) is 0 Å². The molecule has 0 atom stereocenters. The van der Waals surface area contributed by atoms with Crippen molar-refractivity contribution in [2.75, 3.05) is 5.32 Å². The summed E-state index contributed by atoms with van der Waals surface area (Å²) in [5.41, 5.74) is 7.61. The molecule has 1 aliphatic rings. The molecule has 1 fully saturated rings. The van der Waals surface area contributed by atoms with Gasteiger partial charge in [0.25, 0.3) is 0 Å². The second kappa shape index (κ2) is 5.00. The first-order valence-corrected chi connectivity index (χ1v) is 5.80. The normalized spacial score (nSPS) is 24.8. The lowest BCUT2D eigenvalue weighted by molar-refractivity contribution is 0.411. The van der Waals surface area contributed by atoms with E-state index in [4.69, 9.17) is 11.0 Å². The lowest BCUT2D eigenvalue weighted by Crippen LogP contribution is -2.32. The van der Waals surface area contributed by atoms with Gasteiger partial charge in [-0.15, -0.1) is 0 Å². The lowest BCUT2D eigenvalue weighted by atomic mass is 9.91. The van der Waals surface area contributed by atoms with Crippen molar-refractivity contribution in [3.05, 3.63) is 29.8 Å². The van der Waals surface area contributed by atoms with Gasteiger partial charge in [0, 0.05) is 17.8 Å². The highest BCUT2D eigenvalue weighted by atomic mass is 14.9. The van der Waals surface area contributed by atoms with Crippen molar-refractivity contribution in [2.45, 2.75) is 37.8 Å². The van der Waals surface area contributed by atoms with Crippen LogP contribution < -0.4 is 11.1 Å². The molecule has 1 aliphatic carbocycles. The van der Waals surface area contributed by atoms with Crippen molar-refractivity contribution in [2.24, 2.45) is 5.73 Å². The number of hydrogen-bond acceptors (Lipinski definition) is 3. The maximum absolute atomic E-state index is 8.81. The van der Waals surface area contributed by atoms with Crippen LogP contribution in [0.2, 0.25) is 0 Å². The van der Waals surface area contributed by atoms with E-state index in [2.05, 4.69) is 11.4 Å². The Bertz CT molecular complexity index is 386. The molecule has 1 aromatic carbocycles. The minimum atomic E-state index is 0.378. The standard InChI is InChI=1S/C13H17N3/c14-9-10-2-1-3-13(8-10)16-12-6-4-11(15)5-7-12/h1-3,8,11-12,16H,4-7,15H2. The number of anilines is 1. The van der Waals surface area contributed by atoms with Gasteiger partial charge in [-0.05, 0) is 43.9 Å². The minimum absolute atomic E-state index is 0.378. The molecule has 3 heteroatoms. The Labute approximate surface area is 96.3 Å². The molecule has 0 spiro atoms. The van der Waals surface area contributed by atoms with Gasteiger partial charge in [0.05, 0.1) is 11.6 Å². The highest BCUT2D eigenvalue weighted by Gasteiger charge is 2.17. The Balaban J connectivity index is 1.96. The van der Waals surface area contributed by atoms with Gasteiger partial charge >= 0.3 is 0 Å². The Kier molecular flexibility index (Phi) is 3.43. The number of benzene rings is 1. The summed E-state index contributed by atoms with van der Waals surface area (Å²) in [5, 5.41) is 12.3. The fourth-order valence-corrected chi connectivity index (χ4v) is 2.18. The third-order valence-electron chi connectivity index (χ3n) is 3.13. The average Bonchev–Trinajstić information content (AvgIpc) is 2.32. The van der Waals surface area contributed by atoms with E-state index in [1.807, 2.05) is 24.3 Å². The molecule has 0 unspecified atom stereocenters. The molecule has 3 nitrogen and oxygen atoms in total. The average molecular weight is 215 g/mol. The zero-order valence-corrected chi connectivity index (χ0v) is 9.32. The molecule has 1 saturated carbocycles. The van der Waals surface area contributed by atoms with Gasteiger partial charge < -0.3 is 11.1 Å². The Morgan fingerprint density at radius 2 is 2.00 bits per heavy atom. The second-order valence-electron chi connectivity index (χ2n) is 4.45. The SMILES string of the molecule is N#Cc1cccc(NC2CCC(N)CC2)c1. The summed E-state index contributed by atoms with van der Waals surface area (Å²) >= 11 is 0. The predicted octanol–water partition coefficient (Wildman–Crippen LogP) is 2.24. The van der Waals surface area contributed by atoms with E-state index < -0.39 is 0 Å². The van der Waals surface area contributed by atoms with Crippen molar-refractivity contribution < 1.29 is 0 Å². The number of nitrogens with zero attached hydrogens (tertiary/aromatic N) is 1. The Hall–Kier alpha value is -1.53. The monoisotopic (exact) mass is 215 g/mol. The quantitative estimate of drug-likeness (QED) is 0.795. The molecule has 16 heavy (non-hydrogen) atoms. The maximum Gasteiger partial charge on any atom is 0.0992 e. The van der Waals surface area contributed by atoms with E-state index in [-0.39, 0.29) is 0 Å². The number of hydrogen-bond donors (Lipinski definition) is 2. The first-order valence-electron chi connectivity index (χ1n) is 5.80. The lowest BCUT2D eigenvalue weighted by Gasteiger charge is -2.27. The van der Waals surface area contributed by atoms with Crippen LogP contribution in [0.25, 0.3) is 0 Å². The third kappa shape index (κ3) is 2.74. The summed E-state index contributed by atoms with van der Waals surface area (Å²) in [6, 6.07) is 10.7. The van der Waals surface area contributed by atoms with E-state index in [9.17, 15) is 0 Å². The molecule has 0 aromatic heterocycles. The summed E-state index contributed by atoms with van der Waals surface area (Å²) in [7, 11) is 0. The van der Waals surface area contributed by atoms with Crippen LogP contribution in [0, 0.1) is 11.3 Å². The van der Waals surface area contributed by atoms with Crippen LogP contribution in [0.4, 0.5) is 5.69 Å². The van der Waals surface area contributed by atoms with Crippen LogP contribution >= 0.6 is 0 Å². The molecular formula is C13H17N3. The van der Waals surface area contributed by atoms with Crippen molar-refractivity contribution in [1.29, 1.82) is 5.26 Å². The fourth-order valence-electron chi connectivity index (χ4n) is 2.18. The highest BCUT2D eigenvalue weighted by Crippen LogP contribution is 2.21. The summed E-state index contributed by atoms with van der Waals surface area (Å²) in [4.78, 5) is 0. The largest absolute Gasteiger partial charge is 0.382 e. The zero-order chi connectivity index (χ0) is 11.4. The van der Waals surface area contributed by atoms with Gasteiger partial charge in [0.15, 0.2) is 0 Å². The van der Waals surface area contributed by atoms with Crippen LogP contribution in [-0.2, 0) is 0 Å². The van der Waals surface area contributed by atoms with E-state index in [0.717, 1.165) is 31.4 Å². The summed E-state index contributed by atoms with van der Waals surface area (Å²) < 4.78 is 0. The van der Waals surface area contributed by atoms with Crippen molar-refractivity contribution in [3.63, 3.8) is 0 Å². The van der Waals surface area contributed by atoms with Gasteiger partial charge in [0.1, 0.15) is 0 Å². The molecule has 0 saturated heterocycles. The van der Waals surface area contributed by atoms with Crippen molar-refractivity contribution in [3.8, 4) is 6.07 Å².